The number of carboxylic acids is 1. The minimum Gasteiger partial charge on any atom is -0.507 e. The fourth-order valence-electron chi connectivity index (χ4n) is 5.28. The van der Waals surface area contributed by atoms with Crippen LogP contribution in [0.4, 0.5) is 0 Å². The Morgan fingerprint density at radius 3 is 2.00 bits per heavy atom. The molecule has 0 radical (unpaired) electrons. The third-order valence-electron chi connectivity index (χ3n) is 7.26. The molecule has 12 heteroatoms. The lowest BCUT2D eigenvalue weighted by atomic mass is 9.74. The molecule has 2 aliphatic carbocycles. The van der Waals surface area contributed by atoms with Crippen LogP contribution in [0.15, 0.2) is 24.3 Å². The largest absolute Gasteiger partial charge is 0.507 e. The van der Waals surface area contributed by atoms with Gasteiger partial charge in [-0.25, -0.2) is 0 Å². The molecule has 3 aromatic carbocycles. The lowest BCUT2D eigenvalue weighted by Gasteiger charge is -2.33. The Kier molecular flexibility index (Phi) is 6.05. The number of methoxy groups -OCH3 is 1. The van der Waals surface area contributed by atoms with E-state index in [2.05, 4.69) is 5.32 Å². The Bertz CT molecular complexity index is 1690. The van der Waals surface area contributed by atoms with Crippen molar-refractivity contribution in [2.24, 2.45) is 0 Å². The number of aryl methyl sites for hydroxylation is 1. The SMILES string of the molecule is COc1cc(O)c2c(c1)C(=O)c1c(cc3c(c1O)-c1c(cc(C)c(C(=O)N[C@@H](C)C(=O)O)c1O)[C@H](O)[C@H]3O)C2=O. The smallest absolute Gasteiger partial charge is 0.325 e. The number of aliphatic hydroxyl groups excluding tert-OH is 2. The molecule has 0 unspecified atom stereocenters. The van der Waals surface area contributed by atoms with Gasteiger partial charge in [0.25, 0.3) is 5.91 Å². The summed E-state index contributed by atoms with van der Waals surface area (Å²) in [6.07, 6.45) is -3.41. The van der Waals surface area contributed by atoms with E-state index in [9.17, 15) is 44.7 Å². The Balaban J connectivity index is 1.79. The van der Waals surface area contributed by atoms with Gasteiger partial charge >= 0.3 is 5.97 Å². The molecule has 0 heterocycles. The first-order valence-corrected chi connectivity index (χ1v) is 12.0. The second-order valence-corrected chi connectivity index (χ2v) is 9.64. The zero-order valence-corrected chi connectivity index (χ0v) is 21.3. The van der Waals surface area contributed by atoms with E-state index in [0.717, 1.165) is 12.1 Å². The van der Waals surface area contributed by atoms with Gasteiger partial charge in [0, 0.05) is 28.3 Å². The molecule has 1 amide bonds. The van der Waals surface area contributed by atoms with E-state index in [4.69, 9.17) is 9.84 Å². The Labute approximate surface area is 225 Å². The number of benzene rings is 3. The third kappa shape index (κ3) is 3.61. The number of phenols is 3. The van der Waals surface area contributed by atoms with Gasteiger partial charge in [-0.2, -0.15) is 0 Å². The maximum absolute atomic E-state index is 13.6. The van der Waals surface area contributed by atoms with E-state index in [-0.39, 0.29) is 55.8 Å². The van der Waals surface area contributed by atoms with Crippen molar-refractivity contribution >= 4 is 23.4 Å². The summed E-state index contributed by atoms with van der Waals surface area (Å²) in [5.41, 5.74) is -2.56. The van der Waals surface area contributed by atoms with Crippen LogP contribution in [0.2, 0.25) is 0 Å². The second-order valence-electron chi connectivity index (χ2n) is 9.64. The van der Waals surface area contributed by atoms with E-state index in [0.29, 0.717) is 0 Å². The maximum Gasteiger partial charge on any atom is 0.325 e. The van der Waals surface area contributed by atoms with Crippen LogP contribution in [-0.2, 0) is 4.79 Å². The number of ketones is 2. The molecular formula is C28H23NO11. The van der Waals surface area contributed by atoms with Crippen LogP contribution in [0.5, 0.6) is 23.0 Å². The van der Waals surface area contributed by atoms with Crippen LogP contribution >= 0.6 is 0 Å². The van der Waals surface area contributed by atoms with Crippen LogP contribution in [0.1, 0.15) is 78.0 Å². The highest BCUT2D eigenvalue weighted by Crippen LogP contribution is 2.55. The predicted octanol–water partition coefficient (Wildman–Crippen LogP) is 1.85. The molecule has 40 heavy (non-hydrogen) atoms. The summed E-state index contributed by atoms with van der Waals surface area (Å²) >= 11 is 0. The van der Waals surface area contributed by atoms with Gasteiger partial charge in [-0.3, -0.25) is 19.2 Å². The normalized spacial score (nSPS) is 17.7. The van der Waals surface area contributed by atoms with Gasteiger partial charge in [0.15, 0.2) is 11.6 Å². The first kappa shape index (κ1) is 26.7. The first-order chi connectivity index (χ1) is 18.8. The summed E-state index contributed by atoms with van der Waals surface area (Å²) < 4.78 is 5.08. The van der Waals surface area contributed by atoms with Crippen molar-refractivity contribution in [2.45, 2.75) is 32.1 Å². The molecule has 0 saturated heterocycles. The number of hydrogen-bond acceptors (Lipinski definition) is 10. The van der Waals surface area contributed by atoms with Crippen molar-refractivity contribution in [1.29, 1.82) is 0 Å². The highest BCUT2D eigenvalue weighted by atomic mass is 16.5. The van der Waals surface area contributed by atoms with Gasteiger partial charge in [-0.05, 0) is 42.7 Å². The molecule has 0 spiro atoms. The Morgan fingerprint density at radius 2 is 1.40 bits per heavy atom. The monoisotopic (exact) mass is 549 g/mol. The predicted molar refractivity (Wildman–Crippen MR) is 136 cm³/mol. The van der Waals surface area contributed by atoms with Crippen molar-refractivity contribution in [3.05, 3.63) is 68.8 Å². The lowest BCUT2D eigenvalue weighted by molar-refractivity contribution is -0.138. The number of hydrogen-bond donors (Lipinski definition) is 7. The molecule has 3 atom stereocenters. The van der Waals surface area contributed by atoms with Gasteiger partial charge in [0.05, 0.1) is 23.8 Å². The molecule has 3 aromatic rings. The van der Waals surface area contributed by atoms with Crippen molar-refractivity contribution in [2.75, 3.05) is 7.11 Å². The summed E-state index contributed by atoms with van der Waals surface area (Å²) in [5.74, 6) is -6.02. The van der Waals surface area contributed by atoms with Crippen LogP contribution in [0.25, 0.3) is 11.1 Å². The Morgan fingerprint density at radius 1 is 0.850 bits per heavy atom. The summed E-state index contributed by atoms with van der Waals surface area (Å²) in [6.45, 7) is 2.63. The number of fused-ring (bicyclic) bond motifs is 5. The average Bonchev–Trinajstić information content (AvgIpc) is 2.89. The van der Waals surface area contributed by atoms with Crippen LogP contribution in [-0.4, -0.2) is 67.2 Å². The fourth-order valence-corrected chi connectivity index (χ4v) is 5.28. The minimum absolute atomic E-state index is 0.0709. The highest BCUT2D eigenvalue weighted by molar-refractivity contribution is 6.31. The molecule has 0 aliphatic heterocycles. The number of carbonyl (C=O) groups is 4. The number of rotatable bonds is 4. The second kappa shape index (κ2) is 9.07. The van der Waals surface area contributed by atoms with Crippen LogP contribution in [0, 0.1) is 6.92 Å². The number of nitrogens with one attached hydrogen (secondary N) is 1. The van der Waals surface area contributed by atoms with Crippen molar-refractivity contribution < 1.29 is 54.6 Å². The van der Waals surface area contributed by atoms with Crippen molar-refractivity contribution in [1.82, 2.24) is 5.32 Å². The molecule has 206 valence electrons. The van der Waals surface area contributed by atoms with E-state index < -0.39 is 64.5 Å². The topological polar surface area (TPSA) is 211 Å². The number of aliphatic carboxylic acids is 1. The van der Waals surface area contributed by atoms with Gasteiger partial charge < -0.3 is 40.7 Å². The molecule has 12 nitrogen and oxygen atoms in total. The van der Waals surface area contributed by atoms with E-state index in [1.807, 2.05) is 0 Å². The molecule has 0 bridgehead atoms. The van der Waals surface area contributed by atoms with Crippen LogP contribution in [0.3, 0.4) is 0 Å². The minimum atomic E-state index is -1.72. The van der Waals surface area contributed by atoms with Gasteiger partial charge in [-0.15, -0.1) is 0 Å². The number of ether oxygens (including phenoxy) is 1. The van der Waals surface area contributed by atoms with E-state index >= 15 is 0 Å². The Hall–Kier alpha value is -4.94. The van der Waals surface area contributed by atoms with Crippen molar-refractivity contribution in [3.63, 3.8) is 0 Å². The van der Waals surface area contributed by atoms with E-state index in [1.54, 1.807) is 0 Å². The summed E-state index contributed by atoms with van der Waals surface area (Å²) in [7, 11) is 1.29. The number of phenolic OH excluding ortho intramolecular Hbond substituents is 3. The van der Waals surface area contributed by atoms with Gasteiger partial charge in [0.1, 0.15) is 41.2 Å². The fraction of sp³-hybridized carbons (Fsp3) is 0.214. The maximum atomic E-state index is 13.6. The zero-order chi connectivity index (χ0) is 29.4. The van der Waals surface area contributed by atoms with Gasteiger partial charge in [0.2, 0.25) is 0 Å². The average molecular weight is 549 g/mol. The van der Waals surface area contributed by atoms with Gasteiger partial charge in [-0.1, -0.05) is 6.07 Å². The number of carbonyl (C=O) groups excluding carboxylic acids is 3. The molecule has 0 fully saturated rings. The van der Waals surface area contributed by atoms with Crippen LogP contribution < -0.4 is 10.1 Å². The summed E-state index contributed by atoms with van der Waals surface area (Å²) in [6, 6.07) is 3.41. The zero-order valence-electron chi connectivity index (χ0n) is 21.3. The standard InChI is InChI=1S/C28H23NO11/c1-8-4-11-18(25(35)16(8)27(37)29-9(2)28(38)39)19-13(24(34)23(11)33)7-14-20(26(19)36)22(32)12-5-10(40-3)6-15(30)17(12)21(14)31/h4-7,9,23-24,30,33-36H,1-3H3,(H,29,37)(H,38,39)/t9-,23-,24-/m0/s1. The molecule has 2 aliphatic rings. The lowest BCUT2D eigenvalue weighted by Crippen LogP contribution is -2.38. The highest BCUT2D eigenvalue weighted by Gasteiger charge is 2.43. The number of aliphatic hydroxyl groups is 2. The van der Waals surface area contributed by atoms with E-state index in [1.165, 1.54) is 33.1 Å². The molecule has 5 rings (SSSR count). The summed E-state index contributed by atoms with van der Waals surface area (Å²) in [5, 5.41) is 66.4. The quantitative estimate of drug-likeness (QED) is 0.195. The number of amides is 1. The first-order valence-electron chi connectivity index (χ1n) is 12.0. The number of aromatic hydroxyl groups is 3. The molecule has 7 N–H and O–H groups in total. The summed E-state index contributed by atoms with van der Waals surface area (Å²) in [4.78, 5) is 51.2. The third-order valence-corrected chi connectivity index (χ3v) is 7.26. The number of carboxylic acid groups (broad SMARTS) is 1. The van der Waals surface area contributed by atoms with Crippen molar-refractivity contribution in [3.8, 4) is 34.1 Å². The molecular weight excluding hydrogens is 526 g/mol. The molecule has 0 saturated carbocycles. The molecule has 0 aromatic heterocycles.